The minimum absolute atomic E-state index is 0.0548. The van der Waals surface area contributed by atoms with E-state index in [4.69, 9.17) is 0 Å². The van der Waals surface area contributed by atoms with Crippen molar-refractivity contribution in [1.82, 2.24) is 9.97 Å². The van der Waals surface area contributed by atoms with E-state index in [-0.39, 0.29) is 5.56 Å². The van der Waals surface area contributed by atoms with Gasteiger partial charge in [-0.3, -0.25) is 9.78 Å². The molecule has 4 nitrogen and oxygen atoms in total. The number of hydrogen-bond acceptors (Lipinski definition) is 3. The molecule has 0 saturated heterocycles. The fourth-order valence-electron chi connectivity index (χ4n) is 2.19. The molecular weight excluding hydrogens is 250 g/mol. The highest BCUT2D eigenvalue weighted by atomic mass is 16.1. The molecule has 0 bridgehead atoms. The summed E-state index contributed by atoms with van der Waals surface area (Å²) in [5.74, 6) is 0. The van der Waals surface area contributed by atoms with Gasteiger partial charge in [0.05, 0.1) is 5.69 Å². The lowest BCUT2D eigenvalue weighted by atomic mass is 10.1. The number of nitrogens with zero attached hydrogens (tertiary/aromatic N) is 2. The van der Waals surface area contributed by atoms with Gasteiger partial charge in [0.25, 0.3) is 5.56 Å². The Morgan fingerprint density at radius 2 is 1.95 bits per heavy atom. The van der Waals surface area contributed by atoms with Gasteiger partial charge in [0.2, 0.25) is 0 Å². The van der Waals surface area contributed by atoms with Crippen molar-refractivity contribution in [3.63, 3.8) is 0 Å². The molecule has 4 heteroatoms. The monoisotopic (exact) mass is 271 g/mol. The number of aromatic amines is 1. The van der Waals surface area contributed by atoms with Gasteiger partial charge in [0.15, 0.2) is 0 Å². The summed E-state index contributed by atoms with van der Waals surface area (Å²) in [4.78, 5) is 21.3. The van der Waals surface area contributed by atoms with Crippen molar-refractivity contribution >= 4 is 5.69 Å². The summed E-state index contributed by atoms with van der Waals surface area (Å²) < 4.78 is 0. The fourth-order valence-corrected chi connectivity index (χ4v) is 2.19. The summed E-state index contributed by atoms with van der Waals surface area (Å²) in [6.45, 7) is 4.14. The van der Waals surface area contributed by atoms with Gasteiger partial charge in [-0.05, 0) is 30.5 Å². The molecule has 2 rings (SSSR count). The van der Waals surface area contributed by atoms with Crippen LogP contribution in [0.1, 0.15) is 25.1 Å². The molecule has 2 heterocycles. The van der Waals surface area contributed by atoms with Crippen LogP contribution in [0, 0.1) is 0 Å². The van der Waals surface area contributed by atoms with Crippen molar-refractivity contribution in [2.24, 2.45) is 0 Å². The van der Waals surface area contributed by atoms with Crippen molar-refractivity contribution in [3.8, 4) is 11.3 Å². The van der Waals surface area contributed by atoms with Crippen LogP contribution in [-0.2, 0) is 12.8 Å². The van der Waals surface area contributed by atoms with Gasteiger partial charge in [0.1, 0.15) is 5.69 Å². The smallest absolute Gasteiger partial charge is 0.271 e. The predicted octanol–water partition coefficient (Wildman–Crippen LogP) is 2.63. The van der Waals surface area contributed by atoms with Crippen LogP contribution in [0.4, 0.5) is 5.69 Å². The lowest BCUT2D eigenvalue weighted by Gasteiger charge is -2.15. The lowest BCUT2D eigenvalue weighted by Crippen LogP contribution is -2.22. The Bertz CT molecular complexity index is 642. The third-order valence-corrected chi connectivity index (χ3v) is 3.45. The summed E-state index contributed by atoms with van der Waals surface area (Å²) in [7, 11) is 3.74. The van der Waals surface area contributed by atoms with Crippen LogP contribution in [0.25, 0.3) is 11.3 Å². The number of aryl methyl sites for hydroxylation is 2. The molecule has 0 fully saturated rings. The number of pyridine rings is 2. The van der Waals surface area contributed by atoms with E-state index in [0.29, 0.717) is 5.69 Å². The number of aromatic nitrogens is 2. The zero-order valence-corrected chi connectivity index (χ0v) is 12.5. The molecule has 0 aromatic carbocycles. The number of hydrogen-bond donors (Lipinski definition) is 1. The van der Waals surface area contributed by atoms with Crippen LogP contribution in [-0.4, -0.2) is 24.1 Å². The third-order valence-electron chi connectivity index (χ3n) is 3.45. The Balaban J connectivity index is 2.58. The molecule has 2 aromatic heterocycles. The summed E-state index contributed by atoms with van der Waals surface area (Å²) in [6, 6.07) is 6.03. The Morgan fingerprint density at radius 3 is 2.45 bits per heavy atom. The van der Waals surface area contributed by atoms with E-state index < -0.39 is 0 Å². The second kappa shape index (κ2) is 5.90. The van der Waals surface area contributed by atoms with Gasteiger partial charge in [0, 0.05) is 31.5 Å². The maximum absolute atomic E-state index is 12.0. The van der Waals surface area contributed by atoms with Crippen LogP contribution in [0.15, 0.2) is 29.2 Å². The molecule has 0 spiro atoms. The first-order valence-electron chi connectivity index (χ1n) is 6.95. The van der Waals surface area contributed by atoms with Gasteiger partial charge in [-0.25, -0.2) is 0 Å². The number of anilines is 1. The first-order chi connectivity index (χ1) is 9.56. The third kappa shape index (κ3) is 2.74. The molecule has 0 atom stereocenters. The van der Waals surface area contributed by atoms with Crippen LogP contribution < -0.4 is 10.5 Å². The summed E-state index contributed by atoms with van der Waals surface area (Å²) in [6.07, 6.45) is 3.65. The van der Waals surface area contributed by atoms with Crippen molar-refractivity contribution in [2.45, 2.75) is 26.7 Å². The van der Waals surface area contributed by atoms with Crippen molar-refractivity contribution in [1.29, 1.82) is 0 Å². The van der Waals surface area contributed by atoms with Crippen LogP contribution >= 0.6 is 0 Å². The molecule has 0 aliphatic carbocycles. The van der Waals surface area contributed by atoms with E-state index in [2.05, 4.69) is 23.0 Å². The second-order valence-corrected chi connectivity index (χ2v) is 5.03. The summed E-state index contributed by atoms with van der Waals surface area (Å²) in [5.41, 5.74) is 4.64. The molecule has 0 aliphatic heterocycles. The largest absolute Gasteiger partial charge is 0.373 e. The van der Waals surface area contributed by atoms with E-state index in [9.17, 15) is 4.79 Å². The molecular formula is C16H21N3O. The van der Waals surface area contributed by atoms with E-state index in [1.54, 1.807) is 0 Å². The highest BCUT2D eigenvalue weighted by molar-refractivity contribution is 5.67. The number of nitrogens with one attached hydrogen (secondary N) is 1. The lowest BCUT2D eigenvalue weighted by molar-refractivity contribution is 0.989. The van der Waals surface area contributed by atoms with Gasteiger partial charge >= 0.3 is 0 Å². The zero-order chi connectivity index (χ0) is 14.7. The molecule has 0 amide bonds. The minimum atomic E-state index is -0.0548. The van der Waals surface area contributed by atoms with E-state index in [0.717, 1.165) is 29.8 Å². The number of H-pyrrole nitrogens is 1. The summed E-state index contributed by atoms with van der Waals surface area (Å²) >= 11 is 0. The SMILES string of the molecule is CCc1ccc(-c2cc(N(C)C)c(=O)[nH]c2CC)nc1. The molecule has 20 heavy (non-hydrogen) atoms. The quantitative estimate of drug-likeness (QED) is 0.930. The average molecular weight is 271 g/mol. The maximum atomic E-state index is 12.0. The van der Waals surface area contributed by atoms with E-state index in [1.807, 2.05) is 44.2 Å². The average Bonchev–Trinajstić information content (AvgIpc) is 2.46. The zero-order valence-electron chi connectivity index (χ0n) is 12.5. The normalized spacial score (nSPS) is 10.6. The Morgan fingerprint density at radius 1 is 1.20 bits per heavy atom. The fraction of sp³-hybridized carbons (Fsp3) is 0.375. The Labute approximate surface area is 119 Å². The van der Waals surface area contributed by atoms with Gasteiger partial charge in [-0.1, -0.05) is 19.9 Å². The predicted molar refractivity (Wildman–Crippen MR) is 83.4 cm³/mol. The van der Waals surface area contributed by atoms with Crippen molar-refractivity contribution < 1.29 is 0 Å². The highest BCUT2D eigenvalue weighted by Crippen LogP contribution is 2.23. The van der Waals surface area contributed by atoms with Gasteiger partial charge < -0.3 is 9.88 Å². The minimum Gasteiger partial charge on any atom is -0.373 e. The van der Waals surface area contributed by atoms with Gasteiger partial charge in [-0.2, -0.15) is 0 Å². The van der Waals surface area contributed by atoms with Gasteiger partial charge in [-0.15, -0.1) is 0 Å². The first-order valence-corrected chi connectivity index (χ1v) is 6.95. The van der Waals surface area contributed by atoms with Crippen molar-refractivity contribution in [3.05, 3.63) is 46.0 Å². The van der Waals surface area contributed by atoms with Crippen LogP contribution in [0.3, 0.4) is 0 Å². The Hall–Kier alpha value is -2.10. The number of rotatable bonds is 4. The molecule has 0 radical (unpaired) electrons. The molecule has 0 saturated carbocycles. The van der Waals surface area contributed by atoms with E-state index in [1.165, 1.54) is 5.56 Å². The molecule has 106 valence electrons. The first kappa shape index (κ1) is 14.3. The van der Waals surface area contributed by atoms with E-state index >= 15 is 0 Å². The molecule has 0 unspecified atom stereocenters. The van der Waals surface area contributed by atoms with Crippen molar-refractivity contribution in [2.75, 3.05) is 19.0 Å². The molecule has 1 N–H and O–H groups in total. The van der Waals surface area contributed by atoms with Crippen LogP contribution in [0.2, 0.25) is 0 Å². The molecule has 0 aliphatic rings. The topological polar surface area (TPSA) is 49.0 Å². The molecule has 2 aromatic rings. The van der Waals surface area contributed by atoms with Crippen LogP contribution in [0.5, 0.6) is 0 Å². The standard InChI is InChI=1S/C16H21N3O/c1-5-11-7-8-14(17-10-11)12-9-15(19(3)4)16(20)18-13(12)6-2/h7-10H,5-6H2,1-4H3,(H,18,20). The highest BCUT2D eigenvalue weighted by Gasteiger charge is 2.11. The Kier molecular flexibility index (Phi) is 4.23. The second-order valence-electron chi connectivity index (χ2n) is 5.03. The maximum Gasteiger partial charge on any atom is 0.271 e. The summed E-state index contributed by atoms with van der Waals surface area (Å²) in [5, 5.41) is 0.